The molecule has 0 aromatic heterocycles. The number of benzene rings is 3. The Balaban J connectivity index is 1.52. The van der Waals surface area contributed by atoms with Crippen LogP contribution < -0.4 is 14.2 Å². The summed E-state index contributed by atoms with van der Waals surface area (Å²) in [5.41, 5.74) is 2.01. The minimum atomic E-state index is -0.452. The highest BCUT2D eigenvalue weighted by molar-refractivity contribution is 6.15. The van der Waals surface area contributed by atoms with Crippen LogP contribution in [0.15, 0.2) is 66.4 Å². The first-order valence-corrected chi connectivity index (χ1v) is 9.61. The van der Waals surface area contributed by atoms with Gasteiger partial charge in [-0.05, 0) is 48.4 Å². The van der Waals surface area contributed by atoms with E-state index in [0.717, 1.165) is 5.56 Å². The number of ketones is 1. The number of esters is 1. The standard InChI is InChI=1S/C25H19FO5/c1-15-11-19(30-23(27)12-16-7-9-18(29-2)10-8-16)14-21-24(15)25(28)22(31-21)13-17-5-3-4-6-20(17)26/h3-11,13-14H,12H2,1-2H3/b22-13-. The van der Waals surface area contributed by atoms with Crippen LogP contribution in [0, 0.1) is 12.7 Å². The molecule has 1 heterocycles. The molecule has 0 saturated heterocycles. The van der Waals surface area contributed by atoms with Gasteiger partial charge in [-0.3, -0.25) is 9.59 Å². The van der Waals surface area contributed by atoms with Gasteiger partial charge in [-0.2, -0.15) is 0 Å². The Hall–Kier alpha value is -3.93. The zero-order chi connectivity index (χ0) is 22.0. The lowest BCUT2D eigenvalue weighted by atomic mass is 10.0. The van der Waals surface area contributed by atoms with Crippen molar-refractivity contribution in [3.05, 3.63) is 94.5 Å². The Bertz CT molecular complexity index is 1200. The molecule has 4 rings (SSSR count). The van der Waals surface area contributed by atoms with Gasteiger partial charge in [0.25, 0.3) is 0 Å². The summed E-state index contributed by atoms with van der Waals surface area (Å²) in [7, 11) is 1.57. The predicted octanol–water partition coefficient (Wildman–Crippen LogP) is 4.91. The van der Waals surface area contributed by atoms with Gasteiger partial charge in [0.05, 0.1) is 19.1 Å². The van der Waals surface area contributed by atoms with Crippen molar-refractivity contribution in [3.63, 3.8) is 0 Å². The molecule has 0 spiro atoms. The van der Waals surface area contributed by atoms with Gasteiger partial charge in [-0.15, -0.1) is 0 Å². The zero-order valence-corrected chi connectivity index (χ0v) is 17.0. The number of Topliss-reactive ketones (excluding diaryl/α,β-unsaturated/α-hetero) is 1. The average Bonchev–Trinajstić information content (AvgIpc) is 3.05. The first kappa shape index (κ1) is 20.3. The molecule has 5 nitrogen and oxygen atoms in total. The molecule has 0 radical (unpaired) electrons. The molecule has 31 heavy (non-hydrogen) atoms. The number of carbonyl (C=O) groups is 2. The van der Waals surface area contributed by atoms with Crippen molar-refractivity contribution >= 4 is 17.8 Å². The minimum absolute atomic E-state index is 0.0184. The summed E-state index contributed by atoms with van der Waals surface area (Å²) in [6.45, 7) is 1.73. The van der Waals surface area contributed by atoms with Crippen LogP contribution in [0.25, 0.3) is 6.08 Å². The maximum atomic E-state index is 13.9. The van der Waals surface area contributed by atoms with Gasteiger partial charge in [0, 0.05) is 11.6 Å². The molecule has 0 bridgehead atoms. The van der Waals surface area contributed by atoms with E-state index in [4.69, 9.17) is 14.2 Å². The summed E-state index contributed by atoms with van der Waals surface area (Å²) in [5.74, 6) is 0.0296. The molecule has 0 atom stereocenters. The third-order valence-electron chi connectivity index (χ3n) is 4.87. The lowest BCUT2D eigenvalue weighted by Crippen LogP contribution is -2.11. The highest BCUT2D eigenvalue weighted by Crippen LogP contribution is 2.37. The highest BCUT2D eigenvalue weighted by Gasteiger charge is 2.30. The molecular formula is C25H19FO5. The molecule has 0 aliphatic carbocycles. The molecular weight excluding hydrogens is 399 g/mol. The lowest BCUT2D eigenvalue weighted by molar-refractivity contribution is -0.133. The maximum absolute atomic E-state index is 13.9. The van der Waals surface area contributed by atoms with Gasteiger partial charge >= 0.3 is 5.97 Å². The second kappa shape index (κ2) is 8.44. The van der Waals surface area contributed by atoms with Gasteiger partial charge in [0.2, 0.25) is 5.78 Å². The number of rotatable bonds is 5. The number of fused-ring (bicyclic) bond motifs is 1. The molecule has 0 amide bonds. The number of hydrogen-bond donors (Lipinski definition) is 0. The lowest BCUT2D eigenvalue weighted by Gasteiger charge is -2.08. The fraction of sp³-hybridized carbons (Fsp3) is 0.120. The Kier molecular flexibility index (Phi) is 5.54. The number of methoxy groups -OCH3 is 1. The van der Waals surface area contributed by atoms with Crippen LogP contribution in [0.5, 0.6) is 17.2 Å². The monoisotopic (exact) mass is 418 g/mol. The summed E-state index contributed by atoms with van der Waals surface area (Å²) in [5, 5.41) is 0. The highest BCUT2D eigenvalue weighted by atomic mass is 19.1. The predicted molar refractivity (Wildman–Crippen MR) is 113 cm³/mol. The van der Waals surface area contributed by atoms with Crippen molar-refractivity contribution in [3.8, 4) is 17.2 Å². The number of ether oxygens (including phenoxy) is 3. The van der Waals surface area contributed by atoms with Gasteiger partial charge < -0.3 is 14.2 Å². The smallest absolute Gasteiger partial charge is 0.315 e. The molecule has 3 aromatic rings. The van der Waals surface area contributed by atoms with E-state index in [1.165, 1.54) is 18.2 Å². The molecule has 0 saturated carbocycles. The van der Waals surface area contributed by atoms with E-state index in [9.17, 15) is 14.0 Å². The normalized spacial score (nSPS) is 13.6. The van der Waals surface area contributed by atoms with Gasteiger partial charge in [0.1, 0.15) is 23.1 Å². The van der Waals surface area contributed by atoms with Crippen molar-refractivity contribution in [1.82, 2.24) is 0 Å². The molecule has 1 aliphatic rings. The first-order chi connectivity index (χ1) is 14.9. The third kappa shape index (κ3) is 4.33. The van der Waals surface area contributed by atoms with Crippen LogP contribution in [0.2, 0.25) is 0 Å². The van der Waals surface area contributed by atoms with Crippen molar-refractivity contribution in [1.29, 1.82) is 0 Å². The van der Waals surface area contributed by atoms with Gasteiger partial charge in [-0.1, -0.05) is 30.3 Å². The molecule has 156 valence electrons. The Morgan fingerprint density at radius 1 is 1.06 bits per heavy atom. The van der Waals surface area contributed by atoms with Crippen molar-refractivity contribution in [2.45, 2.75) is 13.3 Å². The van der Waals surface area contributed by atoms with Crippen LogP contribution in [-0.2, 0) is 11.2 Å². The molecule has 6 heteroatoms. The van der Waals surface area contributed by atoms with Crippen LogP contribution in [-0.4, -0.2) is 18.9 Å². The molecule has 1 aliphatic heterocycles. The molecule has 0 fully saturated rings. The molecule has 3 aromatic carbocycles. The topological polar surface area (TPSA) is 61.8 Å². The first-order valence-electron chi connectivity index (χ1n) is 9.61. The fourth-order valence-corrected chi connectivity index (χ4v) is 3.35. The zero-order valence-electron chi connectivity index (χ0n) is 17.0. The fourth-order valence-electron chi connectivity index (χ4n) is 3.35. The molecule has 0 unspecified atom stereocenters. The Morgan fingerprint density at radius 3 is 2.52 bits per heavy atom. The van der Waals surface area contributed by atoms with E-state index < -0.39 is 11.8 Å². The van der Waals surface area contributed by atoms with Crippen molar-refractivity contribution in [2.75, 3.05) is 7.11 Å². The summed E-state index contributed by atoms with van der Waals surface area (Å²) in [4.78, 5) is 25.1. The average molecular weight is 418 g/mol. The number of hydrogen-bond acceptors (Lipinski definition) is 5. The summed E-state index contributed by atoms with van der Waals surface area (Å²) in [6, 6.07) is 16.3. The quantitative estimate of drug-likeness (QED) is 0.335. The summed E-state index contributed by atoms with van der Waals surface area (Å²) >= 11 is 0. The van der Waals surface area contributed by atoms with Gasteiger partial charge in [-0.25, -0.2) is 4.39 Å². The largest absolute Gasteiger partial charge is 0.497 e. The number of carbonyl (C=O) groups excluding carboxylic acids is 2. The van der Waals surface area contributed by atoms with E-state index in [1.54, 1.807) is 62.6 Å². The summed E-state index contributed by atoms with van der Waals surface area (Å²) < 4.78 is 30.1. The van der Waals surface area contributed by atoms with Gasteiger partial charge in [0.15, 0.2) is 5.76 Å². The van der Waals surface area contributed by atoms with Crippen LogP contribution >= 0.6 is 0 Å². The number of aryl methyl sites for hydroxylation is 1. The van der Waals surface area contributed by atoms with Crippen LogP contribution in [0.3, 0.4) is 0 Å². The van der Waals surface area contributed by atoms with E-state index in [-0.39, 0.29) is 35.0 Å². The van der Waals surface area contributed by atoms with E-state index >= 15 is 0 Å². The molecule has 0 N–H and O–H groups in total. The third-order valence-corrected chi connectivity index (χ3v) is 4.87. The maximum Gasteiger partial charge on any atom is 0.315 e. The Labute approximate surface area is 178 Å². The van der Waals surface area contributed by atoms with Crippen molar-refractivity contribution < 1.29 is 28.2 Å². The van der Waals surface area contributed by atoms with Crippen molar-refractivity contribution in [2.24, 2.45) is 0 Å². The van der Waals surface area contributed by atoms with E-state index in [0.29, 0.717) is 16.9 Å². The Morgan fingerprint density at radius 2 is 1.81 bits per heavy atom. The van der Waals surface area contributed by atoms with E-state index in [1.807, 2.05) is 0 Å². The van der Waals surface area contributed by atoms with E-state index in [2.05, 4.69) is 0 Å². The number of halogens is 1. The van der Waals surface area contributed by atoms with Crippen LogP contribution in [0.4, 0.5) is 4.39 Å². The second-order valence-electron chi connectivity index (χ2n) is 7.07. The number of allylic oxidation sites excluding steroid dienone is 1. The van der Waals surface area contributed by atoms with Crippen LogP contribution in [0.1, 0.15) is 27.0 Å². The second-order valence-corrected chi connectivity index (χ2v) is 7.07. The minimum Gasteiger partial charge on any atom is -0.497 e. The SMILES string of the molecule is COc1ccc(CC(=O)Oc2cc(C)c3c(c2)O/C(=C\c2ccccc2F)C3=O)cc1. The summed E-state index contributed by atoms with van der Waals surface area (Å²) in [6.07, 6.45) is 1.45.